The normalized spacial score (nSPS) is 14.3. The number of hydrogen-bond donors (Lipinski definition) is 1. The van der Waals surface area contributed by atoms with Crippen molar-refractivity contribution in [3.05, 3.63) is 30.1 Å². The van der Waals surface area contributed by atoms with E-state index < -0.39 is 12.3 Å². The number of pyridine rings is 1. The number of rotatable bonds is 1. The fourth-order valence-corrected chi connectivity index (χ4v) is 1.64. The topological polar surface area (TPSA) is 38.0 Å². The molecule has 0 radical (unpaired) electrons. The highest BCUT2D eigenvalue weighted by atomic mass is 19.4. The Kier molecular flexibility index (Phi) is 2.38. The Labute approximate surface area is 89.1 Å². The van der Waals surface area contributed by atoms with E-state index in [4.69, 9.17) is 0 Å². The molecule has 1 atom stereocenters. The maximum absolute atomic E-state index is 12.4. The van der Waals surface area contributed by atoms with E-state index >= 15 is 0 Å². The van der Waals surface area contributed by atoms with Crippen molar-refractivity contribution in [2.45, 2.75) is 12.3 Å². The Balaban J connectivity index is 2.62. The average Bonchev–Trinajstić information content (AvgIpc) is 2.55. The highest BCUT2D eigenvalue weighted by Crippen LogP contribution is 2.36. The third-order valence-corrected chi connectivity index (χ3v) is 2.37. The van der Waals surface area contributed by atoms with E-state index in [1.165, 1.54) is 29.1 Å². The number of hydrogen-bond acceptors (Lipinski definition) is 2. The molecule has 6 heteroatoms. The molecule has 0 spiro atoms. The monoisotopic (exact) mass is 230 g/mol. The summed E-state index contributed by atoms with van der Waals surface area (Å²) in [6, 6.07) is 3.04. The maximum Gasteiger partial charge on any atom is 0.418 e. The summed E-state index contributed by atoms with van der Waals surface area (Å²) < 4.78 is 38.6. The SMILES string of the molecule is Cn1cc([C@H](O)C(F)(F)F)c2cccnc21. The number of fused-ring (bicyclic) bond motifs is 1. The first-order valence-electron chi connectivity index (χ1n) is 4.56. The van der Waals surface area contributed by atoms with E-state index in [-0.39, 0.29) is 5.56 Å². The minimum absolute atomic E-state index is 0.168. The Morgan fingerprint density at radius 2 is 2.12 bits per heavy atom. The summed E-state index contributed by atoms with van der Waals surface area (Å²) in [4.78, 5) is 3.95. The van der Waals surface area contributed by atoms with E-state index in [0.29, 0.717) is 11.0 Å². The van der Waals surface area contributed by atoms with Crippen LogP contribution in [0.3, 0.4) is 0 Å². The second kappa shape index (κ2) is 3.48. The number of alkyl halides is 3. The van der Waals surface area contributed by atoms with Crippen molar-refractivity contribution in [3.63, 3.8) is 0 Å². The number of aliphatic hydroxyl groups is 1. The van der Waals surface area contributed by atoms with Crippen molar-refractivity contribution >= 4 is 11.0 Å². The van der Waals surface area contributed by atoms with Gasteiger partial charge in [0.1, 0.15) is 5.65 Å². The molecule has 2 aromatic rings. The highest BCUT2D eigenvalue weighted by molar-refractivity contribution is 5.80. The van der Waals surface area contributed by atoms with Gasteiger partial charge in [0.2, 0.25) is 0 Å². The van der Waals surface area contributed by atoms with E-state index in [9.17, 15) is 18.3 Å². The van der Waals surface area contributed by atoms with Crippen molar-refractivity contribution < 1.29 is 18.3 Å². The van der Waals surface area contributed by atoms with Gasteiger partial charge in [0.05, 0.1) is 0 Å². The number of halogens is 3. The number of aromatic nitrogens is 2. The Bertz CT molecular complexity index is 518. The van der Waals surface area contributed by atoms with Crippen LogP contribution in [0.25, 0.3) is 11.0 Å². The summed E-state index contributed by atoms with van der Waals surface area (Å²) in [5.41, 5.74) is 0.249. The summed E-state index contributed by atoms with van der Waals surface area (Å²) in [7, 11) is 1.59. The van der Waals surface area contributed by atoms with Crippen molar-refractivity contribution in [2.24, 2.45) is 7.05 Å². The predicted molar refractivity (Wildman–Crippen MR) is 51.7 cm³/mol. The van der Waals surface area contributed by atoms with Gasteiger partial charge in [-0.25, -0.2) is 4.98 Å². The molecule has 0 bridgehead atoms. The summed E-state index contributed by atoms with van der Waals surface area (Å²) in [5, 5.41) is 9.52. The van der Waals surface area contributed by atoms with Crippen LogP contribution in [0.1, 0.15) is 11.7 Å². The predicted octanol–water partition coefficient (Wildman–Crippen LogP) is 2.17. The van der Waals surface area contributed by atoms with Crippen LogP contribution in [-0.4, -0.2) is 20.8 Å². The molecule has 0 aromatic carbocycles. The van der Waals surface area contributed by atoms with Crippen LogP contribution in [0.4, 0.5) is 13.2 Å². The third kappa shape index (κ3) is 1.65. The summed E-state index contributed by atoms with van der Waals surface area (Å²) in [6.07, 6.45) is -4.40. The van der Waals surface area contributed by atoms with Crippen molar-refractivity contribution in [1.82, 2.24) is 9.55 Å². The number of nitrogens with zero attached hydrogens (tertiary/aromatic N) is 2. The fraction of sp³-hybridized carbons (Fsp3) is 0.300. The Morgan fingerprint density at radius 3 is 2.75 bits per heavy atom. The lowest BCUT2D eigenvalue weighted by molar-refractivity contribution is -0.206. The van der Waals surface area contributed by atoms with Crippen LogP contribution in [0.2, 0.25) is 0 Å². The molecule has 2 aromatic heterocycles. The Morgan fingerprint density at radius 1 is 1.44 bits per heavy atom. The van der Waals surface area contributed by atoms with E-state index in [2.05, 4.69) is 4.98 Å². The molecule has 1 N–H and O–H groups in total. The molecule has 16 heavy (non-hydrogen) atoms. The quantitative estimate of drug-likeness (QED) is 0.815. The van der Waals surface area contributed by atoms with Crippen molar-refractivity contribution in [2.75, 3.05) is 0 Å². The first-order chi connectivity index (χ1) is 7.41. The van der Waals surface area contributed by atoms with Gasteiger partial charge in [-0.3, -0.25) is 0 Å². The second-order valence-corrected chi connectivity index (χ2v) is 3.51. The van der Waals surface area contributed by atoms with Crippen LogP contribution < -0.4 is 0 Å². The largest absolute Gasteiger partial charge is 0.418 e. The van der Waals surface area contributed by atoms with E-state index in [0.717, 1.165) is 0 Å². The number of aryl methyl sites for hydroxylation is 1. The van der Waals surface area contributed by atoms with Crippen LogP contribution in [0.5, 0.6) is 0 Å². The average molecular weight is 230 g/mol. The second-order valence-electron chi connectivity index (χ2n) is 3.51. The Hall–Kier alpha value is -1.56. The van der Waals surface area contributed by atoms with Gasteiger partial charge in [-0.05, 0) is 12.1 Å². The van der Waals surface area contributed by atoms with Crippen LogP contribution in [0.15, 0.2) is 24.5 Å². The van der Waals surface area contributed by atoms with Gasteiger partial charge in [0.25, 0.3) is 0 Å². The van der Waals surface area contributed by atoms with Crippen LogP contribution in [-0.2, 0) is 7.05 Å². The maximum atomic E-state index is 12.4. The van der Waals surface area contributed by atoms with E-state index in [1.54, 1.807) is 7.05 Å². The smallest absolute Gasteiger partial charge is 0.379 e. The summed E-state index contributed by atoms with van der Waals surface area (Å²) in [6.45, 7) is 0. The summed E-state index contributed by atoms with van der Waals surface area (Å²) >= 11 is 0. The zero-order chi connectivity index (χ0) is 11.9. The van der Waals surface area contributed by atoms with Gasteiger partial charge in [0, 0.05) is 30.4 Å². The zero-order valence-electron chi connectivity index (χ0n) is 8.36. The molecule has 2 rings (SSSR count). The molecular formula is C10H9F3N2O. The molecule has 2 heterocycles. The van der Waals surface area contributed by atoms with Crippen LogP contribution >= 0.6 is 0 Å². The molecule has 3 nitrogen and oxygen atoms in total. The third-order valence-electron chi connectivity index (χ3n) is 2.37. The molecule has 0 saturated heterocycles. The summed E-state index contributed by atoms with van der Waals surface area (Å²) in [5.74, 6) is 0. The highest BCUT2D eigenvalue weighted by Gasteiger charge is 2.40. The lowest BCUT2D eigenvalue weighted by Crippen LogP contribution is -2.19. The minimum atomic E-state index is -4.66. The molecule has 0 aliphatic heterocycles. The molecule has 86 valence electrons. The van der Waals surface area contributed by atoms with Crippen LogP contribution in [0, 0.1) is 0 Å². The molecule has 0 aliphatic carbocycles. The van der Waals surface area contributed by atoms with Crippen molar-refractivity contribution in [1.29, 1.82) is 0 Å². The van der Waals surface area contributed by atoms with Gasteiger partial charge in [0.15, 0.2) is 6.10 Å². The van der Waals surface area contributed by atoms with Crippen molar-refractivity contribution in [3.8, 4) is 0 Å². The lowest BCUT2D eigenvalue weighted by atomic mass is 10.1. The van der Waals surface area contributed by atoms with Gasteiger partial charge in [-0.2, -0.15) is 13.2 Å². The van der Waals surface area contributed by atoms with Gasteiger partial charge >= 0.3 is 6.18 Å². The van der Waals surface area contributed by atoms with Gasteiger partial charge < -0.3 is 9.67 Å². The molecule has 0 aliphatic rings. The fourth-order valence-electron chi connectivity index (χ4n) is 1.64. The first kappa shape index (κ1) is 10.9. The zero-order valence-corrected chi connectivity index (χ0v) is 8.36. The van der Waals surface area contributed by atoms with E-state index in [1.807, 2.05) is 0 Å². The first-order valence-corrected chi connectivity index (χ1v) is 4.56. The molecular weight excluding hydrogens is 221 g/mol. The minimum Gasteiger partial charge on any atom is -0.379 e. The lowest BCUT2D eigenvalue weighted by Gasteiger charge is -2.13. The standard InChI is InChI=1S/C10H9F3N2O/c1-15-5-7(8(16)10(11,12)13)6-3-2-4-14-9(6)15/h2-5,8,16H,1H3/t8-/m0/s1. The van der Waals surface area contributed by atoms with Gasteiger partial charge in [-0.15, -0.1) is 0 Å². The molecule has 0 fully saturated rings. The molecule has 0 unspecified atom stereocenters. The van der Waals surface area contributed by atoms with Gasteiger partial charge in [-0.1, -0.05) is 0 Å². The molecule has 0 saturated carbocycles. The molecule has 0 amide bonds. The number of aliphatic hydroxyl groups excluding tert-OH is 1.